The van der Waals surface area contributed by atoms with Gasteiger partial charge in [-0.2, -0.15) is 4.31 Å². The van der Waals surface area contributed by atoms with Crippen molar-refractivity contribution < 1.29 is 18.3 Å². The van der Waals surface area contributed by atoms with Gasteiger partial charge < -0.3 is 14.9 Å². The van der Waals surface area contributed by atoms with Crippen LogP contribution in [0.15, 0.2) is 18.5 Å². The molecule has 1 aromatic rings. The number of piperidine rings is 1. The van der Waals surface area contributed by atoms with Crippen LogP contribution in [0, 0.1) is 5.92 Å². The maximum Gasteiger partial charge on any atom is 0.407 e. The van der Waals surface area contributed by atoms with Gasteiger partial charge in [0.05, 0.1) is 6.26 Å². The number of amides is 1. The highest BCUT2D eigenvalue weighted by molar-refractivity contribution is 7.88. The Morgan fingerprint density at radius 2 is 1.70 bits per heavy atom. The standard InChI is InChI=1S/C17H25N5O4S/c1-27(25,26)22-10-8-20(9-11-22)16-18-12-15(13-19-16)3-2-14-4-6-21(7-5-14)17(23)24/h2-3,12-14H,4-11H2,1H3,(H,23,24)/b3-2+. The van der Waals surface area contributed by atoms with E-state index in [1.54, 1.807) is 12.4 Å². The Kier molecular flexibility index (Phi) is 5.95. The number of piperazine rings is 1. The van der Waals surface area contributed by atoms with Crippen LogP contribution in [0.5, 0.6) is 0 Å². The van der Waals surface area contributed by atoms with E-state index >= 15 is 0 Å². The van der Waals surface area contributed by atoms with Crippen LogP contribution in [-0.4, -0.2) is 84.3 Å². The van der Waals surface area contributed by atoms with Gasteiger partial charge in [-0.1, -0.05) is 12.2 Å². The molecule has 3 rings (SSSR count). The summed E-state index contributed by atoms with van der Waals surface area (Å²) in [5, 5.41) is 8.98. The number of aromatic nitrogens is 2. The third-order valence-corrected chi connectivity index (χ3v) is 6.32. The molecule has 2 fully saturated rings. The number of likely N-dealkylation sites (tertiary alicyclic amines) is 1. The Bertz CT molecular complexity index is 780. The number of sulfonamides is 1. The maximum absolute atomic E-state index is 11.6. The average molecular weight is 395 g/mol. The van der Waals surface area contributed by atoms with Gasteiger partial charge in [-0.15, -0.1) is 0 Å². The fourth-order valence-corrected chi connectivity index (χ4v) is 4.16. The Balaban J connectivity index is 1.52. The van der Waals surface area contributed by atoms with Crippen LogP contribution in [0.3, 0.4) is 0 Å². The van der Waals surface area contributed by atoms with Gasteiger partial charge in [0, 0.05) is 57.2 Å². The van der Waals surface area contributed by atoms with Gasteiger partial charge in [-0.25, -0.2) is 23.2 Å². The highest BCUT2D eigenvalue weighted by Gasteiger charge is 2.24. The number of rotatable bonds is 4. The number of hydrogen-bond acceptors (Lipinski definition) is 6. The van der Waals surface area contributed by atoms with E-state index in [1.807, 2.05) is 11.0 Å². The predicted molar refractivity (Wildman–Crippen MR) is 102 cm³/mol. The van der Waals surface area contributed by atoms with Crippen molar-refractivity contribution in [1.82, 2.24) is 19.2 Å². The quantitative estimate of drug-likeness (QED) is 0.809. The molecule has 1 N–H and O–H groups in total. The largest absolute Gasteiger partial charge is 0.465 e. The molecule has 9 nitrogen and oxygen atoms in total. The van der Waals surface area contributed by atoms with Crippen LogP contribution in [-0.2, 0) is 10.0 Å². The monoisotopic (exact) mass is 395 g/mol. The van der Waals surface area contributed by atoms with Crippen molar-refractivity contribution in [1.29, 1.82) is 0 Å². The topological polar surface area (TPSA) is 107 Å². The smallest absolute Gasteiger partial charge is 0.407 e. The number of hydrogen-bond donors (Lipinski definition) is 1. The second-order valence-electron chi connectivity index (χ2n) is 6.93. The number of carboxylic acid groups (broad SMARTS) is 1. The molecule has 10 heteroatoms. The number of allylic oxidation sites excluding steroid dienone is 1. The highest BCUT2D eigenvalue weighted by Crippen LogP contribution is 2.20. The van der Waals surface area contributed by atoms with E-state index in [2.05, 4.69) is 16.0 Å². The van der Waals surface area contributed by atoms with Gasteiger partial charge >= 0.3 is 6.09 Å². The number of anilines is 1. The van der Waals surface area contributed by atoms with Crippen molar-refractivity contribution in [2.45, 2.75) is 12.8 Å². The van der Waals surface area contributed by atoms with E-state index in [0.29, 0.717) is 51.1 Å². The lowest BCUT2D eigenvalue weighted by Crippen LogP contribution is -2.48. The third-order valence-electron chi connectivity index (χ3n) is 5.02. The molecule has 0 saturated carbocycles. The van der Waals surface area contributed by atoms with Gasteiger partial charge in [-0.05, 0) is 18.8 Å². The van der Waals surface area contributed by atoms with Crippen LogP contribution < -0.4 is 4.90 Å². The molecule has 0 unspecified atom stereocenters. The molecule has 3 heterocycles. The molecule has 2 saturated heterocycles. The Morgan fingerprint density at radius 1 is 1.11 bits per heavy atom. The Morgan fingerprint density at radius 3 is 2.22 bits per heavy atom. The van der Waals surface area contributed by atoms with E-state index in [0.717, 1.165) is 18.4 Å². The molecule has 0 bridgehead atoms. The second-order valence-corrected chi connectivity index (χ2v) is 8.91. The van der Waals surface area contributed by atoms with E-state index < -0.39 is 16.1 Å². The number of nitrogens with zero attached hydrogens (tertiary/aromatic N) is 5. The van der Waals surface area contributed by atoms with Gasteiger partial charge in [0.25, 0.3) is 0 Å². The summed E-state index contributed by atoms with van der Waals surface area (Å²) in [5.41, 5.74) is 0.897. The average Bonchev–Trinajstić information content (AvgIpc) is 2.66. The normalized spacial score (nSPS) is 20.3. The van der Waals surface area contributed by atoms with Crippen molar-refractivity contribution >= 4 is 28.1 Å². The second kappa shape index (κ2) is 8.22. The molecule has 0 aliphatic carbocycles. The molecule has 0 radical (unpaired) electrons. The van der Waals surface area contributed by atoms with E-state index in [-0.39, 0.29) is 0 Å². The fourth-order valence-electron chi connectivity index (χ4n) is 3.33. The summed E-state index contributed by atoms with van der Waals surface area (Å²) >= 11 is 0. The van der Waals surface area contributed by atoms with Crippen LogP contribution in [0.25, 0.3) is 6.08 Å². The van der Waals surface area contributed by atoms with E-state index in [4.69, 9.17) is 5.11 Å². The molecule has 1 amide bonds. The SMILES string of the molecule is CS(=O)(=O)N1CCN(c2ncc(/C=C/C3CCN(C(=O)O)CC3)cn2)CC1. The van der Waals surface area contributed by atoms with Crippen LogP contribution in [0.4, 0.5) is 10.7 Å². The Hall–Kier alpha value is -2.20. The summed E-state index contributed by atoms with van der Waals surface area (Å²) in [6.45, 7) is 3.17. The van der Waals surface area contributed by atoms with Crippen molar-refractivity contribution in [3.05, 3.63) is 24.0 Å². The van der Waals surface area contributed by atoms with Crippen LogP contribution in [0.2, 0.25) is 0 Å². The van der Waals surface area contributed by atoms with E-state index in [1.165, 1.54) is 15.5 Å². The lowest BCUT2D eigenvalue weighted by molar-refractivity contribution is 0.129. The summed E-state index contributed by atoms with van der Waals surface area (Å²) in [7, 11) is -3.14. The van der Waals surface area contributed by atoms with Crippen LogP contribution >= 0.6 is 0 Å². The number of carbonyl (C=O) groups is 1. The molecule has 148 valence electrons. The summed E-state index contributed by atoms with van der Waals surface area (Å²) < 4.78 is 24.6. The van der Waals surface area contributed by atoms with Gasteiger partial charge in [0.2, 0.25) is 16.0 Å². The zero-order valence-electron chi connectivity index (χ0n) is 15.4. The minimum absolute atomic E-state index is 0.365. The third kappa shape index (κ3) is 5.16. The molecule has 2 aliphatic heterocycles. The van der Waals surface area contributed by atoms with Gasteiger partial charge in [0.1, 0.15) is 0 Å². The lowest BCUT2D eigenvalue weighted by Gasteiger charge is -2.33. The predicted octanol–water partition coefficient (Wildman–Crippen LogP) is 0.961. The zero-order chi connectivity index (χ0) is 19.4. The van der Waals surface area contributed by atoms with Crippen molar-refractivity contribution in [3.63, 3.8) is 0 Å². The molecule has 0 atom stereocenters. The minimum Gasteiger partial charge on any atom is -0.465 e. The van der Waals surface area contributed by atoms with Crippen molar-refractivity contribution in [2.75, 3.05) is 50.4 Å². The summed E-state index contributed by atoms with van der Waals surface area (Å²) in [6.07, 6.45) is 9.63. The lowest BCUT2D eigenvalue weighted by atomic mass is 9.96. The van der Waals surface area contributed by atoms with Gasteiger partial charge in [-0.3, -0.25) is 0 Å². The first-order valence-corrected chi connectivity index (χ1v) is 10.9. The molecular formula is C17H25N5O4S. The first-order chi connectivity index (χ1) is 12.8. The maximum atomic E-state index is 11.6. The highest BCUT2D eigenvalue weighted by atomic mass is 32.2. The Labute approximate surface area is 159 Å². The first kappa shape index (κ1) is 19.6. The van der Waals surface area contributed by atoms with Gasteiger partial charge in [0.15, 0.2) is 0 Å². The summed E-state index contributed by atoms with van der Waals surface area (Å²) in [6, 6.07) is 0. The molecule has 1 aromatic heterocycles. The summed E-state index contributed by atoms with van der Waals surface area (Å²) in [5.74, 6) is 0.972. The van der Waals surface area contributed by atoms with E-state index in [9.17, 15) is 13.2 Å². The van der Waals surface area contributed by atoms with Crippen molar-refractivity contribution in [2.24, 2.45) is 5.92 Å². The van der Waals surface area contributed by atoms with Crippen molar-refractivity contribution in [3.8, 4) is 0 Å². The molecular weight excluding hydrogens is 370 g/mol. The summed E-state index contributed by atoms with van der Waals surface area (Å²) in [4.78, 5) is 23.2. The zero-order valence-corrected chi connectivity index (χ0v) is 16.2. The molecule has 0 spiro atoms. The first-order valence-electron chi connectivity index (χ1n) is 9.01. The molecule has 0 aromatic carbocycles. The fraction of sp³-hybridized carbons (Fsp3) is 0.588. The minimum atomic E-state index is -3.14. The van der Waals surface area contributed by atoms with Crippen LogP contribution in [0.1, 0.15) is 18.4 Å². The molecule has 2 aliphatic rings. The molecule has 27 heavy (non-hydrogen) atoms.